The third-order valence-electron chi connectivity index (χ3n) is 4.10. The minimum atomic E-state index is -0.155. The van der Waals surface area contributed by atoms with Gasteiger partial charge in [0.05, 0.1) is 18.1 Å². The fourth-order valence-corrected chi connectivity index (χ4v) is 3.89. The van der Waals surface area contributed by atoms with Crippen LogP contribution < -0.4 is 9.47 Å². The van der Waals surface area contributed by atoms with Crippen LogP contribution in [0.1, 0.15) is 38.7 Å². The second kappa shape index (κ2) is 8.43. The Morgan fingerprint density at radius 1 is 1.12 bits per heavy atom. The van der Waals surface area contributed by atoms with E-state index in [9.17, 15) is 4.79 Å². The molecule has 0 aromatic heterocycles. The third-order valence-corrected chi connectivity index (χ3v) is 5.15. The van der Waals surface area contributed by atoms with Gasteiger partial charge >= 0.3 is 0 Å². The number of amidine groups is 1. The zero-order chi connectivity index (χ0) is 17.6. The second-order valence-corrected chi connectivity index (χ2v) is 6.94. The normalized spacial score (nSPS) is 19.3. The van der Waals surface area contributed by atoms with Crippen LogP contribution in [0.3, 0.4) is 0 Å². The van der Waals surface area contributed by atoms with E-state index in [1.807, 2.05) is 38.1 Å². The van der Waals surface area contributed by atoms with E-state index < -0.39 is 0 Å². The fourth-order valence-electron chi connectivity index (χ4n) is 2.93. The number of carbonyl (C=O) groups is 1. The van der Waals surface area contributed by atoms with Crippen molar-refractivity contribution in [3.63, 3.8) is 0 Å². The molecule has 0 N–H and O–H groups in total. The van der Waals surface area contributed by atoms with Gasteiger partial charge in [0.2, 0.25) is 0 Å². The SMILES string of the molecule is CCOc1ccc(C=C2SC(N3CCCCC3)=NC2=O)cc1OCC. The highest BCUT2D eigenvalue weighted by molar-refractivity contribution is 8.18. The number of ether oxygens (including phenoxy) is 2. The lowest BCUT2D eigenvalue weighted by molar-refractivity contribution is -0.113. The first-order chi connectivity index (χ1) is 12.2. The van der Waals surface area contributed by atoms with E-state index in [4.69, 9.17) is 9.47 Å². The first-order valence-corrected chi connectivity index (χ1v) is 9.70. The van der Waals surface area contributed by atoms with Crippen LogP contribution in [0.5, 0.6) is 11.5 Å². The highest BCUT2D eigenvalue weighted by Crippen LogP contribution is 2.34. The minimum absolute atomic E-state index is 0.155. The highest BCUT2D eigenvalue weighted by Gasteiger charge is 2.26. The van der Waals surface area contributed by atoms with E-state index >= 15 is 0 Å². The molecular weight excluding hydrogens is 336 g/mol. The molecule has 6 heteroatoms. The van der Waals surface area contributed by atoms with Crippen molar-refractivity contribution in [3.05, 3.63) is 28.7 Å². The molecule has 1 saturated heterocycles. The molecule has 5 nitrogen and oxygen atoms in total. The molecule has 134 valence electrons. The zero-order valence-corrected chi connectivity index (χ0v) is 15.6. The van der Waals surface area contributed by atoms with Crippen LogP contribution in [0.25, 0.3) is 6.08 Å². The smallest absolute Gasteiger partial charge is 0.286 e. The van der Waals surface area contributed by atoms with Crippen molar-refractivity contribution in [2.45, 2.75) is 33.1 Å². The zero-order valence-electron chi connectivity index (χ0n) is 14.8. The summed E-state index contributed by atoms with van der Waals surface area (Å²) in [7, 11) is 0. The van der Waals surface area contributed by atoms with Crippen LogP contribution in [0.4, 0.5) is 0 Å². The van der Waals surface area contributed by atoms with Crippen LogP contribution in [0.15, 0.2) is 28.1 Å². The maximum absolute atomic E-state index is 12.3. The Bertz CT molecular complexity index is 694. The Labute approximate surface area is 153 Å². The fraction of sp³-hybridized carbons (Fsp3) is 0.474. The van der Waals surface area contributed by atoms with E-state index in [1.54, 1.807) is 0 Å². The molecule has 0 spiro atoms. The molecule has 2 aliphatic rings. The monoisotopic (exact) mass is 360 g/mol. The van der Waals surface area contributed by atoms with Crippen molar-refractivity contribution in [3.8, 4) is 11.5 Å². The maximum atomic E-state index is 12.3. The molecule has 0 atom stereocenters. The lowest BCUT2D eigenvalue weighted by Crippen LogP contribution is -2.33. The Balaban J connectivity index is 1.76. The third kappa shape index (κ3) is 4.37. The number of hydrogen-bond acceptors (Lipinski definition) is 5. The van der Waals surface area contributed by atoms with Gasteiger partial charge in [-0.1, -0.05) is 6.07 Å². The van der Waals surface area contributed by atoms with E-state index in [0.29, 0.717) is 23.9 Å². The average molecular weight is 360 g/mol. The lowest BCUT2D eigenvalue weighted by atomic mass is 10.1. The largest absolute Gasteiger partial charge is 0.490 e. The van der Waals surface area contributed by atoms with Gasteiger partial charge in [0, 0.05) is 13.1 Å². The van der Waals surface area contributed by atoms with Gasteiger partial charge < -0.3 is 14.4 Å². The molecule has 2 aliphatic heterocycles. The van der Waals surface area contributed by atoms with Gasteiger partial charge in [-0.25, -0.2) is 0 Å². The summed E-state index contributed by atoms with van der Waals surface area (Å²) in [5.74, 6) is 1.27. The predicted octanol–water partition coefficient (Wildman–Crippen LogP) is 3.94. The van der Waals surface area contributed by atoms with Crippen LogP contribution in [-0.2, 0) is 4.79 Å². The first kappa shape index (κ1) is 17.9. The summed E-state index contributed by atoms with van der Waals surface area (Å²) in [5, 5.41) is 0.840. The van der Waals surface area contributed by atoms with Gasteiger partial charge in [0.25, 0.3) is 5.91 Å². The van der Waals surface area contributed by atoms with Crippen molar-refractivity contribution in [1.82, 2.24) is 4.90 Å². The summed E-state index contributed by atoms with van der Waals surface area (Å²) in [4.78, 5) is 19.4. The number of carbonyl (C=O) groups excluding carboxylic acids is 1. The molecule has 1 fully saturated rings. The standard InChI is InChI=1S/C19H24N2O3S/c1-3-23-15-9-8-14(12-16(15)24-4-2)13-17-18(22)20-19(25-17)21-10-6-5-7-11-21/h8-9,12-13H,3-7,10-11H2,1-2H3. The number of rotatable bonds is 5. The molecule has 3 rings (SSSR count). The van der Waals surface area contributed by atoms with Crippen molar-refractivity contribution in [2.24, 2.45) is 4.99 Å². The molecule has 1 amide bonds. The van der Waals surface area contributed by atoms with E-state index in [-0.39, 0.29) is 5.91 Å². The number of nitrogens with zero attached hydrogens (tertiary/aromatic N) is 2. The van der Waals surface area contributed by atoms with Gasteiger partial charge in [-0.15, -0.1) is 0 Å². The molecule has 2 heterocycles. The number of amides is 1. The Hall–Kier alpha value is -1.95. The molecule has 0 aliphatic carbocycles. The molecule has 0 unspecified atom stereocenters. The topological polar surface area (TPSA) is 51.1 Å². The van der Waals surface area contributed by atoms with E-state index in [0.717, 1.165) is 29.6 Å². The van der Waals surface area contributed by atoms with Crippen molar-refractivity contribution in [2.75, 3.05) is 26.3 Å². The van der Waals surface area contributed by atoms with Crippen LogP contribution >= 0.6 is 11.8 Å². The summed E-state index contributed by atoms with van der Waals surface area (Å²) < 4.78 is 11.2. The van der Waals surface area contributed by atoms with Gasteiger partial charge in [0.15, 0.2) is 16.7 Å². The molecule has 1 aromatic carbocycles. The Morgan fingerprint density at radius 3 is 2.56 bits per heavy atom. The van der Waals surface area contributed by atoms with Crippen LogP contribution in [0.2, 0.25) is 0 Å². The molecule has 0 saturated carbocycles. The Morgan fingerprint density at radius 2 is 1.84 bits per heavy atom. The maximum Gasteiger partial charge on any atom is 0.286 e. The number of aliphatic imine (C=N–C) groups is 1. The van der Waals surface area contributed by atoms with E-state index in [2.05, 4.69) is 9.89 Å². The summed E-state index contributed by atoms with van der Waals surface area (Å²) >= 11 is 1.47. The molecule has 0 radical (unpaired) electrons. The van der Waals surface area contributed by atoms with Gasteiger partial charge in [-0.05, 0) is 68.6 Å². The van der Waals surface area contributed by atoms with Crippen molar-refractivity contribution in [1.29, 1.82) is 0 Å². The average Bonchev–Trinajstić information content (AvgIpc) is 2.99. The van der Waals surface area contributed by atoms with Gasteiger partial charge in [-0.2, -0.15) is 4.99 Å². The molecule has 25 heavy (non-hydrogen) atoms. The lowest BCUT2D eigenvalue weighted by Gasteiger charge is -2.27. The van der Waals surface area contributed by atoms with E-state index in [1.165, 1.54) is 31.0 Å². The van der Waals surface area contributed by atoms with Crippen molar-refractivity contribution < 1.29 is 14.3 Å². The van der Waals surface area contributed by atoms with Gasteiger partial charge in [-0.3, -0.25) is 4.79 Å². The summed E-state index contributed by atoms with van der Waals surface area (Å²) in [6.07, 6.45) is 5.48. The number of benzene rings is 1. The van der Waals surface area contributed by atoms with Crippen LogP contribution in [-0.4, -0.2) is 42.3 Å². The van der Waals surface area contributed by atoms with Gasteiger partial charge in [0.1, 0.15) is 0 Å². The summed E-state index contributed by atoms with van der Waals surface area (Å²) in [6, 6.07) is 5.73. The quantitative estimate of drug-likeness (QED) is 0.745. The molecule has 0 bridgehead atoms. The minimum Gasteiger partial charge on any atom is -0.490 e. The molecular formula is C19H24N2O3S. The number of likely N-dealkylation sites (tertiary alicyclic amines) is 1. The Kier molecular flexibility index (Phi) is 6.02. The number of piperidine rings is 1. The first-order valence-electron chi connectivity index (χ1n) is 8.88. The highest BCUT2D eigenvalue weighted by atomic mass is 32.2. The summed E-state index contributed by atoms with van der Waals surface area (Å²) in [5.41, 5.74) is 0.915. The second-order valence-electron chi connectivity index (χ2n) is 5.93. The number of thioether (sulfide) groups is 1. The van der Waals surface area contributed by atoms with Crippen LogP contribution in [0, 0.1) is 0 Å². The number of hydrogen-bond donors (Lipinski definition) is 0. The summed E-state index contributed by atoms with van der Waals surface area (Å²) in [6.45, 7) is 7.01. The predicted molar refractivity (Wildman–Crippen MR) is 102 cm³/mol. The molecule has 1 aromatic rings. The van der Waals surface area contributed by atoms with Crippen molar-refractivity contribution >= 4 is 28.9 Å².